The number of anilines is 2. The van der Waals surface area contributed by atoms with Crippen LogP contribution in [0.25, 0.3) is 0 Å². The van der Waals surface area contributed by atoms with Crippen molar-refractivity contribution in [3.63, 3.8) is 0 Å². The molecule has 0 bridgehead atoms. The van der Waals surface area contributed by atoms with Crippen molar-refractivity contribution < 1.29 is 0 Å². The molecule has 1 heterocycles. The Hall–Kier alpha value is -1.32. The lowest BCUT2D eigenvalue weighted by atomic mass is 10.1. The summed E-state index contributed by atoms with van der Waals surface area (Å²) < 4.78 is 0. The Balaban J connectivity index is 2.82. The fourth-order valence-electron chi connectivity index (χ4n) is 1.68. The Morgan fingerprint density at radius 1 is 1.24 bits per heavy atom. The maximum absolute atomic E-state index is 4.35. The lowest BCUT2D eigenvalue weighted by molar-refractivity contribution is 0.592. The van der Waals surface area contributed by atoms with Crippen LogP contribution in [0.15, 0.2) is 6.33 Å². The highest BCUT2D eigenvalue weighted by molar-refractivity contribution is 5.57. The molecule has 0 fully saturated rings. The molecule has 1 aromatic heterocycles. The van der Waals surface area contributed by atoms with Gasteiger partial charge in [-0.2, -0.15) is 0 Å². The van der Waals surface area contributed by atoms with E-state index in [1.54, 1.807) is 6.33 Å². The molecule has 1 unspecified atom stereocenters. The van der Waals surface area contributed by atoms with Gasteiger partial charge >= 0.3 is 0 Å². The van der Waals surface area contributed by atoms with Gasteiger partial charge in [0.05, 0.1) is 0 Å². The van der Waals surface area contributed by atoms with Crippen molar-refractivity contribution in [1.29, 1.82) is 0 Å². The Morgan fingerprint density at radius 2 is 1.94 bits per heavy atom. The van der Waals surface area contributed by atoms with Crippen molar-refractivity contribution >= 4 is 11.6 Å². The Labute approximate surface area is 104 Å². The molecule has 0 amide bonds. The standard InChI is InChI=1S/C13H24N4/c1-5-7-11-12(14-4)16-9-17-13(11)15-8-10(3)6-2/h9-10H,5-8H2,1-4H3,(H2,14,15,16,17). The second kappa shape index (κ2) is 7.09. The molecule has 0 saturated carbocycles. The van der Waals surface area contributed by atoms with Crippen LogP contribution in [0.1, 0.15) is 39.2 Å². The third-order valence-corrected chi connectivity index (χ3v) is 3.00. The zero-order valence-electron chi connectivity index (χ0n) is 11.4. The number of nitrogens with one attached hydrogen (secondary N) is 2. The van der Waals surface area contributed by atoms with E-state index in [4.69, 9.17) is 0 Å². The van der Waals surface area contributed by atoms with Crippen molar-refractivity contribution in [3.8, 4) is 0 Å². The van der Waals surface area contributed by atoms with E-state index in [0.29, 0.717) is 5.92 Å². The molecule has 0 spiro atoms. The molecule has 4 nitrogen and oxygen atoms in total. The van der Waals surface area contributed by atoms with E-state index in [0.717, 1.165) is 31.0 Å². The fourth-order valence-corrected chi connectivity index (χ4v) is 1.68. The summed E-state index contributed by atoms with van der Waals surface area (Å²) >= 11 is 0. The molecule has 0 aromatic carbocycles. The van der Waals surface area contributed by atoms with Crippen molar-refractivity contribution in [2.45, 2.75) is 40.0 Å². The largest absolute Gasteiger partial charge is 0.373 e. The van der Waals surface area contributed by atoms with Crippen molar-refractivity contribution in [1.82, 2.24) is 9.97 Å². The number of nitrogens with zero attached hydrogens (tertiary/aromatic N) is 2. The van der Waals surface area contributed by atoms with Crippen LogP contribution in [0.3, 0.4) is 0 Å². The number of hydrogen-bond donors (Lipinski definition) is 2. The summed E-state index contributed by atoms with van der Waals surface area (Å²) in [5.74, 6) is 2.58. The van der Waals surface area contributed by atoms with Gasteiger partial charge in [-0.3, -0.25) is 0 Å². The molecule has 2 N–H and O–H groups in total. The SMILES string of the molecule is CCCc1c(NC)ncnc1NCC(C)CC. The number of hydrogen-bond acceptors (Lipinski definition) is 4. The minimum atomic E-state index is 0.664. The molecular formula is C13H24N4. The first-order valence-electron chi connectivity index (χ1n) is 6.48. The first-order valence-corrected chi connectivity index (χ1v) is 6.48. The van der Waals surface area contributed by atoms with Gasteiger partial charge in [-0.1, -0.05) is 33.6 Å². The van der Waals surface area contributed by atoms with Gasteiger partial charge in [0.25, 0.3) is 0 Å². The van der Waals surface area contributed by atoms with Crippen LogP contribution in [-0.2, 0) is 6.42 Å². The van der Waals surface area contributed by atoms with Gasteiger partial charge in [0.2, 0.25) is 0 Å². The van der Waals surface area contributed by atoms with Gasteiger partial charge in [0, 0.05) is 19.2 Å². The van der Waals surface area contributed by atoms with E-state index >= 15 is 0 Å². The highest BCUT2D eigenvalue weighted by Gasteiger charge is 2.10. The average molecular weight is 236 g/mol. The maximum atomic E-state index is 4.35. The molecule has 1 aromatic rings. The molecule has 17 heavy (non-hydrogen) atoms. The van der Waals surface area contributed by atoms with Gasteiger partial charge in [-0.05, 0) is 12.3 Å². The Morgan fingerprint density at radius 3 is 2.53 bits per heavy atom. The lowest BCUT2D eigenvalue weighted by Gasteiger charge is -2.15. The van der Waals surface area contributed by atoms with Gasteiger partial charge in [-0.15, -0.1) is 0 Å². The van der Waals surface area contributed by atoms with Gasteiger partial charge in [0.15, 0.2) is 0 Å². The molecule has 1 rings (SSSR count). The van der Waals surface area contributed by atoms with E-state index in [9.17, 15) is 0 Å². The minimum absolute atomic E-state index is 0.664. The van der Waals surface area contributed by atoms with Crippen LogP contribution >= 0.6 is 0 Å². The second-order valence-electron chi connectivity index (χ2n) is 4.44. The van der Waals surface area contributed by atoms with Crippen LogP contribution in [0.2, 0.25) is 0 Å². The fraction of sp³-hybridized carbons (Fsp3) is 0.692. The smallest absolute Gasteiger partial charge is 0.134 e. The molecule has 0 radical (unpaired) electrons. The zero-order chi connectivity index (χ0) is 12.7. The Kier molecular flexibility index (Phi) is 5.73. The monoisotopic (exact) mass is 236 g/mol. The Bertz CT molecular complexity index is 338. The van der Waals surface area contributed by atoms with E-state index in [1.165, 1.54) is 12.0 Å². The number of aromatic nitrogens is 2. The molecule has 96 valence electrons. The number of rotatable bonds is 7. The molecular weight excluding hydrogens is 212 g/mol. The van der Waals surface area contributed by atoms with E-state index in [1.807, 2.05) is 7.05 Å². The van der Waals surface area contributed by atoms with Gasteiger partial charge < -0.3 is 10.6 Å². The third kappa shape index (κ3) is 3.88. The highest BCUT2D eigenvalue weighted by atomic mass is 15.1. The van der Waals surface area contributed by atoms with E-state index in [-0.39, 0.29) is 0 Å². The normalized spacial score (nSPS) is 12.2. The van der Waals surface area contributed by atoms with Crippen molar-refractivity contribution in [2.75, 3.05) is 24.2 Å². The summed E-state index contributed by atoms with van der Waals surface area (Å²) in [6.07, 6.45) is 4.89. The van der Waals surface area contributed by atoms with Crippen molar-refractivity contribution in [2.24, 2.45) is 5.92 Å². The molecule has 0 aliphatic rings. The first kappa shape index (κ1) is 13.7. The van der Waals surface area contributed by atoms with Crippen LogP contribution in [0.5, 0.6) is 0 Å². The third-order valence-electron chi connectivity index (χ3n) is 3.00. The molecule has 1 atom stereocenters. The predicted octanol–water partition coefficient (Wildman–Crippen LogP) is 2.93. The van der Waals surface area contributed by atoms with Crippen LogP contribution in [-0.4, -0.2) is 23.6 Å². The minimum Gasteiger partial charge on any atom is -0.373 e. The first-order chi connectivity index (χ1) is 8.22. The van der Waals surface area contributed by atoms with Crippen LogP contribution in [0, 0.1) is 5.92 Å². The molecule has 0 aliphatic carbocycles. The highest BCUT2D eigenvalue weighted by Crippen LogP contribution is 2.21. The topological polar surface area (TPSA) is 49.8 Å². The second-order valence-corrected chi connectivity index (χ2v) is 4.44. The zero-order valence-corrected chi connectivity index (χ0v) is 11.4. The summed E-state index contributed by atoms with van der Waals surface area (Å²) in [7, 11) is 1.90. The maximum Gasteiger partial charge on any atom is 0.134 e. The average Bonchev–Trinajstić information content (AvgIpc) is 2.37. The van der Waals surface area contributed by atoms with Gasteiger partial charge in [-0.25, -0.2) is 9.97 Å². The summed E-state index contributed by atoms with van der Waals surface area (Å²) in [6.45, 7) is 7.59. The molecule has 0 saturated heterocycles. The lowest BCUT2D eigenvalue weighted by Crippen LogP contribution is -2.14. The predicted molar refractivity (Wildman–Crippen MR) is 73.5 cm³/mol. The summed E-state index contributed by atoms with van der Waals surface area (Å²) in [5.41, 5.74) is 1.20. The summed E-state index contributed by atoms with van der Waals surface area (Å²) in [5, 5.41) is 6.56. The summed E-state index contributed by atoms with van der Waals surface area (Å²) in [4.78, 5) is 8.61. The van der Waals surface area contributed by atoms with E-state index in [2.05, 4.69) is 41.4 Å². The summed E-state index contributed by atoms with van der Waals surface area (Å²) in [6, 6.07) is 0. The van der Waals surface area contributed by atoms with E-state index < -0.39 is 0 Å². The molecule has 0 aliphatic heterocycles. The van der Waals surface area contributed by atoms with Crippen LogP contribution in [0.4, 0.5) is 11.6 Å². The van der Waals surface area contributed by atoms with Crippen LogP contribution < -0.4 is 10.6 Å². The quantitative estimate of drug-likeness (QED) is 0.764. The van der Waals surface area contributed by atoms with Crippen molar-refractivity contribution in [3.05, 3.63) is 11.9 Å². The van der Waals surface area contributed by atoms with Gasteiger partial charge in [0.1, 0.15) is 18.0 Å². The molecule has 4 heteroatoms.